The van der Waals surface area contributed by atoms with Gasteiger partial charge in [-0.05, 0) is 81.8 Å². The predicted octanol–water partition coefficient (Wildman–Crippen LogP) is 5.25. The molecule has 9 heteroatoms. The van der Waals surface area contributed by atoms with Crippen molar-refractivity contribution < 1.29 is 22.7 Å². The normalized spacial score (nSPS) is 13.1. The van der Waals surface area contributed by atoms with Gasteiger partial charge in [0.1, 0.15) is 11.5 Å². The number of hydrogen-bond acceptors (Lipinski definition) is 6. The molecule has 0 aliphatic heterocycles. The molecule has 3 aromatic rings. The fraction of sp³-hybridized carbons (Fsp3) is 0.333. The number of ether oxygens (including phenoxy) is 1. The van der Waals surface area contributed by atoms with Gasteiger partial charge < -0.3 is 10.1 Å². The van der Waals surface area contributed by atoms with Crippen LogP contribution in [0.5, 0.6) is 0 Å². The Balaban J connectivity index is 1.67. The molecule has 1 amide bonds. The Hall–Kier alpha value is -3.17. The van der Waals surface area contributed by atoms with Crippen molar-refractivity contribution >= 4 is 43.9 Å². The lowest BCUT2D eigenvalue weighted by Gasteiger charge is -2.24. The van der Waals surface area contributed by atoms with Crippen molar-refractivity contribution in [2.24, 2.45) is 0 Å². The van der Waals surface area contributed by atoms with Gasteiger partial charge >= 0.3 is 5.97 Å². The first-order valence-electron chi connectivity index (χ1n) is 12.0. The van der Waals surface area contributed by atoms with E-state index in [2.05, 4.69) is 5.32 Å². The van der Waals surface area contributed by atoms with Crippen LogP contribution in [-0.2, 0) is 32.4 Å². The Morgan fingerprint density at radius 1 is 1.03 bits per heavy atom. The monoisotopic (exact) mass is 526 g/mol. The van der Waals surface area contributed by atoms with Crippen LogP contribution in [0, 0.1) is 13.8 Å². The standard InChI is InChI=1S/C27H30N2O5S2/c1-4-34-27(31)25-22-10-5-6-11-23(22)35-26(25)28-24(30)17-29(20-9-7-8-19(3)16-20)36(32,33)21-14-12-18(2)13-15-21/h7-9,12-16H,4-6,10-11,17H2,1-3H3,(H,28,30). The zero-order chi connectivity index (χ0) is 25.9. The molecule has 0 bridgehead atoms. The van der Waals surface area contributed by atoms with Crippen LogP contribution >= 0.6 is 11.3 Å². The van der Waals surface area contributed by atoms with Gasteiger partial charge in [0.2, 0.25) is 5.91 Å². The highest BCUT2D eigenvalue weighted by atomic mass is 32.2. The molecule has 1 N–H and O–H groups in total. The van der Waals surface area contributed by atoms with E-state index in [1.807, 2.05) is 19.9 Å². The molecule has 1 aliphatic rings. The number of nitrogens with one attached hydrogen (secondary N) is 1. The zero-order valence-electron chi connectivity index (χ0n) is 20.7. The molecule has 0 radical (unpaired) electrons. The first kappa shape index (κ1) is 25.9. The molecule has 0 atom stereocenters. The number of aryl methyl sites for hydroxylation is 3. The smallest absolute Gasteiger partial charge is 0.341 e. The third-order valence-corrected chi connectivity index (χ3v) is 9.08. The van der Waals surface area contributed by atoms with Crippen LogP contribution < -0.4 is 9.62 Å². The van der Waals surface area contributed by atoms with Gasteiger partial charge in [-0.3, -0.25) is 9.10 Å². The molecular formula is C27H30N2O5S2. The van der Waals surface area contributed by atoms with E-state index in [1.54, 1.807) is 37.3 Å². The summed E-state index contributed by atoms with van der Waals surface area (Å²) in [6.45, 7) is 5.27. The number of fused-ring (bicyclic) bond motifs is 1. The topological polar surface area (TPSA) is 92.8 Å². The van der Waals surface area contributed by atoms with Crippen LogP contribution in [-0.4, -0.2) is 33.4 Å². The van der Waals surface area contributed by atoms with E-state index in [1.165, 1.54) is 23.5 Å². The number of carbonyl (C=O) groups excluding carboxylic acids is 2. The fourth-order valence-electron chi connectivity index (χ4n) is 4.31. The number of amides is 1. The van der Waals surface area contributed by atoms with E-state index >= 15 is 0 Å². The SMILES string of the molecule is CCOC(=O)c1c(NC(=O)CN(c2cccc(C)c2)S(=O)(=O)c2ccc(C)cc2)sc2c1CCCC2. The lowest BCUT2D eigenvalue weighted by atomic mass is 9.95. The summed E-state index contributed by atoms with van der Waals surface area (Å²) in [5.41, 5.74) is 3.52. The lowest BCUT2D eigenvalue weighted by molar-refractivity contribution is -0.114. The molecule has 0 spiro atoms. The van der Waals surface area contributed by atoms with Gasteiger partial charge in [0.25, 0.3) is 10.0 Å². The van der Waals surface area contributed by atoms with Crippen molar-refractivity contribution in [2.75, 3.05) is 22.8 Å². The molecule has 0 saturated carbocycles. The quantitative estimate of drug-likeness (QED) is 0.405. The summed E-state index contributed by atoms with van der Waals surface area (Å²) in [7, 11) is -4.03. The summed E-state index contributed by atoms with van der Waals surface area (Å²) in [6, 6.07) is 13.5. The molecule has 0 saturated heterocycles. The van der Waals surface area contributed by atoms with Crippen LogP contribution in [0.1, 0.15) is 51.7 Å². The average molecular weight is 527 g/mol. The molecule has 1 aromatic heterocycles. The molecule has 190 valence electrons. The lowest BCUT2D eigenvalue weighted by Crippen LogP contribution is -2.38. The highest BCUT2D eigenvalue weighted by Crippen LogP contribution is 2.38. The van der Waals surface area contributed by atoms with Gasteiger partial charge in [-0.15, -0.1) is 11.3 Å². The van der Waals surface area contributed by atoms with E-state index in [0.717, 1.165) is 51.6 Å². The van der Waals surface area contributed by atoms with Crippen molar-refractivity contribution in [3.8, 4) is 0 Å². The van der Waals surface area contributed by atoms with Crippen LogP contribution in [0.2, 0.25) is 0 Å². The summed E-state index contributed by atoms with van der Waals surface area (Å²) in [5, 5.41) is 3.25. The number of sulfonamides is 1. The van der Waals surface area contributed by atoms with Crippen molar-refractivity contribution in [1.82, 2.24) is 0 Å². The number of rotatable bonds is 8. The third-order valence-electron chi connectivity index (χ3n) is 6.09. The van der Waals surface area contributed by atoms with E-state index in [-0.39, 0.29) is 11.5 Å². The van der Waals surface area contributed by atoms with Crippen molar-refractivity contribution in [3.05, 3.63) is 75.7 Å². The van der Waals surface area contributed by atoms with E-state index in [9.17, 15) is 18.0 Å². The number of benzene rings is 2. The number of thiophene rings is 1. The zero-order valence-corrected chi connectivity index (χ0v) is 22.3. The number of esters is 1. The second-order valence-corrected chi connectivity index (χ2v) is 11.8. The Kier molecular flexibility index (Phi) is 7.80. The van der Waals surface area contributed by atoms with Crippen molar-refractivity contribution in [2.45, 2.75) is 51.3 Å². The largest absolute Gasteiger partial charge is 0.462 e. The molecule has 2 aromatic carbocycles. The van der Waals surface area contributed by atoms with Crippen molar-refractivity contribution in [1.29, 1.82) is 0 Å². The summed E-state index contributed by atoms with van der Waals surface area (Å²) in [5.74, 6) is -0.994. The molecule has 1 heterocycles. The Morgan fingerprint density at radius 3 is 2.44 bits per heavy atom. The summed E-state index contributed by atoms with van der Waals surface area (Å²) in [6.07, 6.45) is 3.60. The van der Waals surface area contributed by atoms with Crippen LogP contribution in [0.25, 0.3) is 0 Å². The van der Waals surface area contributed by atoms with Crippen LogP contribution in [0.3, 0.4) is 0 Å². The Labute approximate surface area is 216 Å². The van der Waals surface area contributed by atoms with E-state index < -0.39 is 28.4 Å². The summed E-state index contributed by atoms with van der Waals surface area (Å²) >= 11 is 1.37. The molecule has 0 fully saturated rings. The second-order valence-electron chi connectivity index (χ2n) is 8.85. The number of carbonyl (C=O) groups is 2. The van der Waals surface area contributed by atoms with Crippen molar-refractivity contribution in [3.63, 3.8) is 0 Å². The first-order valence-corrected chi connectivity index (χ1v) is 14.2. The summed E-state index contributed by atoms with van der Waals surface area (Å²) < 4.78 is 33.7. The van der Waals surface area contributed by atoms with Gasteiger partial charge in [0.15, 0.2) is 0 Å². The highest BCUT2D eigenvalue weighted by Gasteiger charge is 2.30. The predicted molar refractivity (Wildman–Crippen MR) is 142 cm³/mol. The highest BCUT2D eigenvalue weighted by molar-refractivity contribution is 7.92. The average Bonchev–Trinajstić information content (AvgIpc) is 3.20. The van der Waals surface area contributed by atoms with Gasteiger partial charge in [-0.2, -0.15) is 0 Å². The van der Waals surface area contributed by atoms with Gasteiger partial charge in [-0.25, -0.2) is 13.2 Å². The maximum Gasteiger partial charge on any atom is 0.341 e. The van der Waals surface area contributed by atoms with Gasteiger partial charge in [-0.1, -0.05) is 29.8 Å². The first-order chi connectivity index (χ1) is 17.2. The molecule has 36 heavy (non-hydrogen) atoms. The maximum absolute atomic E-state index is 13.6. The fourth-order valence-corrected chi connectivity index (χ4v) is 7.01. The van der Waals surface area contributed by atoms with Gasteiger partial charge in [0, 0.05) is 4.88 Å². The van der Waals surface area contributed by atoms with Gasteiger partial charge in [0.05, 0.1) is 22.8 Å². The molecule has 1 aliphatic carbocycles. The summed E-state index contributed by atoms with van der Waals surface area (Å²) in [4.78, 5) is 27.2. The third kappa shape index (κ3) is 5.47. The van der Waals surface area contributed by atoms with Crippen LogP contribution in [0.15, 0.2) is 53.4 Å². The maximum atomic E-state index is 13.6. The molecule has 7 nitrogen and oxygen atoms in total. The van der Waals surface area contributed by atoms with E-state index in [4.69, 9.17) is 4.74 Å². The number of anilines is 2. The molecule has 4 rings (SSSR count). The minimum Gasteiger partial charge on any atom is -0.462 e. The molecular weight excluding hydrogens is 496 g/mol. The van der Waals surface area contributed by atoms with Crippen LogP contribution in [0.4, 0.5) is 10.7 Å². The Bertz CT molecular complexity index is 1380. The number of nitrogens with zero attached hydrogens (tertiary/aromatic N) is 1. The molecule has 0 unspecified atom stereocenters. The Morgan fingerprint density at radius 2 is 1.75 bits per heavy atom. The van der Waals surface area contributed by atoms with E-state index in [0.29, 0.717) is 16.3 Å². The second kappa shape index (κ2) is 10.8. The minimum atomic E-state index is -4.03. The minimum absolute atomic E-state index is 0.0983. The number of hydrogen-bond donors (Lipinski definition) is 1.